The number of rotatable bonds is 3. The van der Waals surface area contributed by atoms with Gasteiger partial charge in [0.25, 0.3) is 0 Å². The number of aryl methyl sites for hydroxylation is 4. The van der Waals surface area contributed by atoms with E-state index in [1.54, 1.807) is 22.7 Å². The highest BCUT2D eigenvalue weighted by molar-refractivity contribution is 5.81. The summed E-state index contributed by atoms with van der Waals surface area (Å²) < 4.78 is 21.8. The first kappa shape index (κ1) is 21.4. The van der Waals surface area contributed by atoms with Gasteiger partial charge in [0.1, 0.15) is 0 Å². The van der Waals surface area contributed by atoms with Crippen LogP contribution in [-0.2, 0) is 0 Å². The molecular formula is C24H27FN4O. The number of nitrogens with zero attached hydrogens (tertiary/aromatic N) is 4. The summed E-state index contributed by atoms with van der Waals surface area (Å²) in [6, 6.07) is 9.00. The first-order valence-corrected chi connectivity index (χ1v) is 10.0. The molecule has 0 radical (unpaired) electrons. The molecule has 4 aromatic rings. The molecule has 0 unspecified atom stereocenters. The molecule has 0 spiro atoms. The third-order valence-corrected chi connectivity index (χ3v) is 4.80. The summed E-state index contributed by atoms with van der Waals surface area (Å²) in [4.78, 5) is 9.32. The third-order valence-electron chi connectivity index (χ3n) is 4.80. The van der Waals surface area contributed by atoms with Crippen molar-refractivity contribution in [1.82, 2.24) is 19.6 Å². The summed E-state index contributed by atoms with van der Waals surface area (Å²) in [6.45, 7) is 11.9. The molecule has 0 bridgehead atoms. The molecule has 0 aliphatic carbocycles. The van der Waals surface area contributed by atoms with Crippen LogP contribution in [0.25, 0.3) is 28.2 Å². The minimum atomic E-state index is -0.420. The molecule has 5 nitrogen and oxygen atoms in total. The lowest BCUT2D eigenvalue weighted by molar-refractivity contribution is 0.387. The molecular weight excluding hydrogens is 379 g/mol. The minimum Gasteiger partial charge on any atom is -0.494 e. The number of aromatic nitrogens is 4. The fourth-order valence-electron chi connectivity index (χ4n) is 3.56. The predicted molar refractivity (Wildman–Crippen MR) is 118 cm³/mol. The standard InChI is InChI=1S/C22H21FN4O.C2H6/c1-12-9-13(2)21(24-11-12)19-15(4)26-27-17(10-14(3)25-22(19)27)16-7-6-8-18(28-5)20(16)23;1-2/h6-11H,1-5H3;1-2H3. The molecule has 0 amide bonds. The van der Waals surface area contributed by atoms with Crippen molar-refractivity contribution in [3.05, 3.63) is 64.9 Å². The normalized spacial score (nSPS) is 10.7. The fraction of sp³-hybridized carbons (Fsp3) is 0.292. The molecule has 156 valence electrons. The second-order valence-electron chi connectivity index (χ2n) is 6.98. The average Bonchev–Trinajstić information content (AvgIpc) is 3.05. The van der Waals surface area contributed by atoms with Crippen LogP contribution in [0.2, 0.25) is 0 Å². The lowest BCUT2D eigenvalue weighted by Gasteiger charge is -2.10. The fourth-order valence-corrected chi connectivity index (χ4v) is 3.56. The molecule has 3 aromatic heterocycles. The minimum absolute atomic E-state index is 0.195. The second-order valence-corrected chi connectivity index (χ2v) is 6.98. The van der Waals surface area contributed by atoms with Crippen LogP contribution in [0.1, 0.15) is 36.4 Å². The van der Waals surface area contributed by atoms with Crippen LogP contribution < -0.4 is 4.74 Å². The molecule has 3 heterocycles. The first-order chi connectivity index (χ1) is 14.4. The van der Waals surface area contributed by atoms with Crippen LogP contribution in [0.15, 0.2) is 36.5 Å². The highest BCUT2D eigenvalue weighted by Crippen LogP contribution is 2.34. The molecule has 1 aromatic carbocycles. The zero-order valence-corrected chi connectivity index (χ0v) is 18.5. The topological polar surface area (TPSA) is 52.3 Å². The molecule has 4 rings (SSSR count). The summed E-state index contributed by atoms with van der Waals surface area (Å²) >= 11 is 0. The van der Waals surface area contributed by atoms with E-state index in [-0.39, 0.29) is 5.75 Å². The highest BCUT2D eigenvalue weighted by atomic mass is 19.1. The van der Waals surface area contributed by atoms with Gasteiger partial charge < -0.3 is 4.74 Å². The smallest absolute Gasteiger partial charge is 0.174 e. The summed E-state index contributed by atoms with van der Waals surface area (Å²) in [7, 11) is 1.46. The van der Waals surface area contributed by atoms with E-state index in [0.29, 0.717) is 16.9 Å². The molecule has 0 saturated carbocycles. The number of hydrogen-bond donors (Lipinski definition) is 0. The van der Waals surface area contributed by atoms with Crippen molar-refractivity contribution in [3.8, 4) is 28.3 Å². The van der Waals surface area contributed by atoms with Crippen molar-refractivity contribution in [2.24, 2.45) is 0 Å². The summed E-state index contributed by atoms with van der Waals surface area (Å²) in [6.07, 6.45) is 1.84. The van der Waals surface area contributed by atoms with Gasteiger partial charge in [-0.1, -0.05) is 26.0 Å². The summed E-state index contributed by atoms with van der Waals surface area (Å²) in [5.41, 5.74) is 7.12. The van der Waals surface area contributed by atoms with E-state index in [2.05, 4.69) is 16.1 Å². The van der Waals surface area contributed by atoms with Gasteiger partial charge in [0, 0.05) is 17.5 Å². The van der Waals surface area contributed by atoms with Gasteiger partial charge in [-0.25, -0.2) is 13.9 Å². The molecule has 0 aliphatic rings. The van der Waals surface area contributed by atoms with E-state index in [0.717, 1.165) is 33.8 Å². The van der Waals surface area contributed by atoms with Crippen LogP contribution in [0.4, 0.5) is 4.39 Å². The molecule has 0 saturated heterocycles. The zero-order valence-electron chi connectivity index (χ0n) is 18.5. The van der Waals surface area contributed by atoms with Crippen LogP contribution in [-0.4, -0.2) is 26.7 Å². The Morgan fingerprint density at radius 3 is 2.43 bits per heavy atom. The van der Waals surface area contributed by atoms with E-state index in [1.807, 2.05) is 53.8 Å². The third kappa shape index (κ3) is 3.65. The maximum absolute atomic E-state index is 15.0. The van der Waals surface area contributed by atoms with Gasteiger partial charge in [-0.3, -0.25) is 4.98 Å². The van der Waals surface area contributed by atoms with E-state index in [9.17, 15) is 4.39 Å². The van der Waals surface area contributed by atoms with E-state index < -0.39 is 5.82 Å². The number of pyridine rings is 1. The molecule has 0 N–H and O–H groups in total. The monoisotopic (exact) mass is 406 g/mol. The number of halogens is 1. The van der Waals surface area contributed by atoms with E-state index in [4.69, 9.17) is 9.72 Å². The van der Waals surface area contributed by atoms with Crippen LogP contribution >= 0.6 is 0 Å². The van der Waals surface area contributed by atoms with Crippen LogP contribution in [0.5, 0.6) is 5.75 Å². The first-order valence-electron chi connectivity index (χ1n) is 10.0. The SMILES string of the molecule is CC.COc1cccc(-c2cc(C)nc3c(-c4ncc(C)cc4C)c(C)nn23)c1F. The maximum Gasteiger partial charge on any atom is 0.174 e. The van der Waals surface area contributed by atoms with Crippen molar-refractivity contribution >= 4 is 5.65 Å². The van der Waals surface area contributed by atoms with Crippen molar-refractivity contribution in [3.63, 3.8) is 0 Å². The quantitative estimate of drug-likeness (QED) is 0.427. The number of ether oxygens (including phenoxy) is 1. The van der Waals surface area contributed by atoms with Crippen molar-refractivity contribution in [2.45, 2.75) is 41.5 Å². The Bertz CT molecular complexity index is 1210. The highest BCUT2D eigenvalue weighted by Gasteiger charge is 2.21. The Kier molecular flexibility index (Phi) is 6.15. The lowest BCUT2D eigenvalue weighted by atomic mass is 10.1. The number of methoxy groups -OCH3 is 1. The van der Waals surface area contributed by atoms with Gasteiger partial charge in [-0.15, -0.1) is 0 Å². The van der Waals surface area contributed by atoms with E-state index >= 15 is 0 Å². The van der Waals surface area contributed by atoms with Crippen molar-refractivity contribution in [1.29, 1.82) is 0 Å². The Hall–Kier alpha value is -3.28. The van der Waals surface area contributed by atoms with Crippen LogP contribution in [0, 0.1) is 33.5 Å². The van der Waals surface area contributed by atoms with Gasteiger partial charge in [0.2, 0.25) is 0 Å². The van der Waals surface area contributed by atoms with E-state index in [1.165, 1.54) is 7.11 Å². The Morgan fingerprint density at radius 2 is 1.77 bits per heavy atom. The van der Waals surface area contributed by atoms with Crippen molar-refractivity contribution in [2.75, 3.05) is 7.11 Å². The molecule has 0 atom stereocenters. The van der Waals surface area contributed by atoms with Gasteiger partial charge in [-0.05, 0) is 57.0 Å². The van der Waals surface area contributed by atoms with Crippen molar-refractivity contribution < 1.29 is 9.13 Å². The summed E-state index contributed by atoms with van der Waals surface area (Å²) in [5.74, 6) is -0.225. The molecule has 30 heavy (non-hydrogen) atoms. The lowest BCUT2D eigenvalue weighted by Crippen LogP contribution is -2.01. The maximum atomic E-state index is 15.0. The molecule has 0 aliphatic heterocycles. The van der Waals surface area contributed by atoms with Crippen LogP contribution in [0.3, 0.4) is 0 Å². The molecule has 0 fully saturated rings. The largest absolute Gasteiger partial charge is 0.494 e. The number of fused-ring (bicyclic) bond motifs is 1. The molecule has 6 heteroatoms. The Morgan fingerprint density at radius 1 is 1.03 bits per heavy atom. The van der Waals surface area contributed by atoms with Gasteiger partial charge >= 0.3 is 0 Å². The number of benzene rings is 1. The second kappa shape index (κ2) is 8.61. The average molecular weight is 407 g/mol. The number of hydrogen-bond acceptors (Lipinski definition) is 4. The van der Waals surface area contributed by atoms with Gasteiger partial charge in [0.05, 0.1) is 29.8 Å². The zero-order chi connectivity index (χ0) is 22.0. The Labute approximate surface area is 176 Å². The van der Waals surface area contributed by atoms with Gasteiger partial charge in [0.15, 0.2) is 17.2 Å². The predicted octanol–water partition coefficient (Wildman–Crippen LogP) is 5.87. The Balaban J connectivity index is 0.00000124. The van der Waals surface area contributed by atoms with Gasteiger partial charge in [-0.2, -0.15) is 5.10 Å². The summed E-state index contributed by atoms with van der Waals surface area (Å²) in [5, 5.41) is 4.67.